The molecule has 0 aliphatic carbocycles. The van der Waals surface area contributed by atoms with Crippen LogP contribution < -0.4 is 9.64 Å². The topological polar surface area (TPSA) is 29.5 Å². The molecule has 0 radical (unpaired) electrons. The number of fused-ring (bicyclic) bond motifs is 1. The molecule has 0 bridgehead atoms. The van der Waals surface area contributed by atoms with Crippen LogP contribution in [0.3, 0.4) is 0 Å². The summed E-state index contributed by atoms with van der Waals surface area (Å²) < 4.78 is 5.87. The van der Waals surface area contributed by atoms with Gasteiger partial charge in [0.2, 0.25) is 0 Å². The quantitative estimate of drug-likeness (QED) is 0.600. The number of anilines is 1. The van der Waals surface area contributed by atoms with E-state index in [1.807, 2.05) is 65.6 Å². The van der Waals surface area contributed by atoms with Crippen molar-refractivity contribution in [2.24, 2.45) is 0 Å². The molecule has 0 saturated carbocycles. The number of rotatable bonds is 4. The standard InChI is InChI=1S/C23H20ClNO2/c1-16-13-17-7-3-5-12-22(17)25(16)23(26)18-9-6-10-20(14-18)27-15-19-8-2-4-11-21(19)24/h2-12,14,16H,13,15H2,1H3/t16-/m1/s1. The molecule has 136 valence electrons. The van der Waals surface area contributed by atoms with Crippen molar-refractivity contribution < 1.29 is 9.53 Å². The first-order valence-corrected chi connectivity index (χ1v) is 9.39. The van der Waals surface area contributed by atoms with Crippen LogP contribution in [-0.2, 0) is 13.0 Å². The van der Waals surface area contributed by atoms with Gasteiger partial charge in [-0.05, 0) is 49.2 Å². The van der Waals surface area contributed by atoms with Crippen LogP contribution in [0.2, 0.25) is 5.02 Å². The largest absolute Gasteiger partial charge is 0.489 e. The molecule has 0 unspecified atom stereocenters. The van der Waals surface area contributed by atoms with Gasteiger partial charge in [0.25, 0.3) is 5.91 Å². The number of hydrogen-bond acceptors (Lipinski definition) is 2. The summed E-state index contributed by atoms with van der Waals surface area (Å²) >= 11 is 6.18. The normalized spacial score (nSPS) is 15.5. The summed E-state index contributed by atoms with van der Waals surface area (Å²) in [5.74, 6) is 0.650. The van der Waals surface area contributed by atoms with Crippen molar-refractivity contribution in [3.63, 3.8) is 0 Å². The van der Waals surface area contributed by atoms with E-state index >= 15 is 0 Å². The lowest BCUT2D eigenvalue weighted by molar-refractivity contribution is 0.0981. The Labute approximate surface area is 164 Å². The summed E-state index contributed by atoms with van der Waals surface area (Å²) in [7, 11) is 0. The average Bonchev–Trinajstić information content (AvgIpc) is 3.02. The van der Waals surface area contributed by atoms with Crippen LogP contribution in [0.5, 0.6) is 5.75 Å². The van der Waals surface area contributed by atoms with Crippen LogP contribution in [0.4, 0.5) is 5.69 Å². The highest BCUT2D eigenvalue weighted by Crippen LogP contribution is 2.33. The molecule has 3 nitrogen and oxygen atoms in total. The molecular formula is C23H20ClNO2. The lowest BCUT2D eigenvalue weighted by atomic mass is 10.1. The molecule has 4 heteroatoms. The van der Waals surface area contributed by atoms with Gasteiger partial charge in [-0.3, -0.25) is 4.79 Å². The molecule has 0 fully saturated rings. The monoisotopic (exact) mass is 377 g/mol. The van der Waals surface area contributed by atoms with E-state index < -0.39 is 0 Å². The Balaban J connectivity index is 1.54. The van der Waals surface area contributed by atoms with Gasteiger partial charge in [-0.25, -0.2) is 0 Å². The van der Waals surface area contributed by atoms with Crippen molar-refractivity contribution in [3.05, 3.63) is 94.5 Å². The number of benzene rings is 3. The van der Waals surface area contributed by atoms with Gasteiger partial charge in [0.05, 0.1) is 0 Å². The fourth-order valence-corrected chi connectivity index (χ4v) is 3.70. The fraction of sp³-hybridized carbons (Fsp3) is 0.174. The van der Waals surface area contributed by atoms with E-state index in [1.54, 1.807) is 6.07 Å². The minimum atomic E-state index is -0.00403. The van der Waals surface area contributed by atoms with Gasteiger partial charge in [-0.2, -0.15) is 0 Å². The van der Waals surface area contributed by atoms with E-state index in [4.69, 9.17) is 16.3 Å². The van der Waals surface area contributed by atoms with Crippen molar-refractivity contribution in [1.29, 1.82) is 0 Å². The molecule has 4 rings (SSSR count). The molecule has 3 aromatic rings. The average molecular weight is 378 g/mol. The summed E-state index contributed by atoms with van der Waals surface area (Å²) in [6, 6.07) is 23.1. The van der Waals surface area contributed by atoms with Gasteiger partial charge >= 0.3 is 0 Å². The van der Waals surface area contributed by atoms with E-state index in [9.17, 15) is 4.79 Å². The summed E-state index contributed by atoms with van der Waals surface area (Å²) in [6.07, 6.45) is 0.880. The first-order valence-electron chi connectivity index (χ1n) is 9.01. The van der Waals surface area contributed by atoms with E-state index in [0.29, 0.717) is 22.9 Å². The lowest BCUT2D eigenvalue weighted by Gasteiger charge is -2.23. The van der Waals surface area contributed by atoms with Gasteiger partial charge in [0.1, 0.15) is 12.4 Å². The molecule has 0 aromatic heterocycles. The summed E-state index contributed by atoms with van der Waals surface area (Å²) in [4.78, 5) is 15.0. The number of ether oxygens (including phenoxy) is 1. The molecule has 1 aliphatic heterocycles. The molecule has 1 heterocycles. The molecule has 1 amide bonds. The minimum absolute atomic E-state index is 0.00403. The Morgan fingerprint density at radius 1 is 1.07 bits per heavy atom. The Morgan fingerprint density at radius 3 is 2.70 bits per heavy atom. The Bertz CT molecular complexity index is 985. The van der Waals surface area contributed by atoms with Crippen LogP contribution in [0.25, 0.3) is 0 Å². The van der Waals surface area contributed by atoms with Crippen molar-refractivity contribution >= 4 is 23.2 Å². The first-order chi connectivity index (χ1) is 13.1. The van der Waals surface area contributed by atoms with Gasteiger partial charge in [0.15, 0.2) is 0 Å². The number of halogens is 1. The highest BCUT2D eigenvalue weighted by atomic mass is 35.5. The second-order valence-electron chi connectivity index (χ2n) is 6.76. The van der Waals surface area contributed by atoms with Crippen molar-refractivity contribution in [3.8, 4) is 5.75 Å². The summed E-state index contributed by atoms with van der Waals surface area (Å²) in [5.41, 5.74) is 3.75. The van der Waals surface area contributed by atoms with Crippen LogP contribution in [0.15, 0.2) is 72.8 Å². The van der Waals surface area contributed by atoms with Crippen molar-refractivity contribution in [2.75, 3.05) is 4.90 Å². The number of hydrogen-bond donors (Lipinski definition) is 0. The van der Waals surface area contributed by atoms with E-state index in [1.165, 1.54) is 5.56 Å². The maximum Gasteiger partial charge on any atom is 0.258 e. The maximum absolute atomic E-state index is 13.1. The van der Waals surface area contributed by atoms with E-state index in [2.05, 4.69) is 13.0 Å². The number of carbonyl (C=O) groups excluding carboxylic acids is 1. The summed E-state index contributed by atoms with van der Waals surface area (Å²) in [5, 5.41) is 0.673. The number of carbonyl (C=O) groups is 1. The molecular weight excluding hydrogens is 358 g/mol. The van der Waals surface area contributed by atoms with Crippen LogP contribution in [-0.4, -0.2) is 11.9 Å². The zero-order chi connectivity index (χ0) is 18.8. The number of para-hydroxylation sites is 1. The predicted octanol–water partition coefficient (Wildman–Crippen LogP) is 5.51. The first kappa shape index (κ1) is 17.6. The van der Waals surface area contributed by atoms with Crippen LogP contribution in [0.1, 0.15) is 28.4 Å². The van der Waals surface area contributed by atoms with Crippen LogP contribution >= 0.6 is 11.6 Å². The van der Waals surface area contributed by atoms with Gasteiger partial charge in [-0.1, -0.05) is 54.1 Å². The van der Waals surface area contributed by atoms with Gasteiger partial charge in [0, 0.05) is 27.9 Å². The fourth-order valence-electron chi connectivity index (χ4n) is 3.51. The minimum Gasteiger partial charge on any atom is -0.489 e. The summed E-state index contributed by atoms with van der Waals surface area (Å²) in [6.45, 7) is 2.44. The maximum atomic E-state index is 13.1. The highest BCUT2D eigenvalue weighted by molar-refractivity contribution is 6.31. The molecule has 0 saturated heterocycles. The second-order valence-corrected chi connectivity index (χ2v) is 7.17. The van der Waals surface area contributed by atoms with Gasteiger partial charge in [-0.15, -0.1) is 0 Å². The lowest BCUT2D eigenvalue weighted by Crippen LogP contribution is -2.35. The Morgan fingerprint density at radius 2 is 1.85 bits per heavy atom. The van der Waals surface area contributed by atoms with Crippen LogP contribution in [0, 0.1) is 0 Å². The van der Waals surface area contributed by atoms with E-state index in [-0.39, 0.29) is 11.9 Å². The number of nitrogens with zero attached hydrogens (tertiary/aromatic N) is 1. The van der Waals surface area contributed by atoms with E-state index in [0.717, 1.165) is 17.7 Å². The highest BCUT2D eigenvalue weighted by Gasteiger charge is 2.31. The predicted molar refractivity (Wildman–Crippen MR) is 109 cm³/mol. The Hall–Kier alpha value is -2.78. The number of amides is 1. The third kappa shape index (κ3) is 3.56. The molecule has 0 N–H and O–H groups in total. The molecule has 3 aromatic carbocycles. The smallest absolute Gasteiger partial charge is 0.258 e. The zero-order valence-electron chi connectivity index (χ0n) is 15.1. The van der Waals surface area contributed by atoms with Crippen molar-refractivity contribution in [1.82, 2.24) is 0 Å². The third-order valence-electron chi connectivity index (χ3n) is 4.86. The molecule has 1 atom stereocenters. The zero-order valence-corrected chi connectivity index (χ0v) is 15.8. The molecule has 1 aliphatic rings. The molecule has 0 spiro atoms. The van der Waals surface area contributed by atoms with Crippen molar-refractivity contribution in [2.45, 2.75) is 26.0 Å². The van der Waals surface area contributed by atoms with Gasteiger partial charge < -0.3 is 9.64 Å². The molecule has 27 heavy (non-hydrogen) atoms. The third-order valence-corrected chi connectivity index (χ3v) is 5.23. The second kappa shape index (κ2) is 7.45. The Kier molecular flexibility index (Phi) is 4.87. The SMILES string of the molecule is C[C@@H]1Cc2ccccc2N1C(=O)c1cccc(OCc2ccccc2Cl)c1.